The van der Waals surface area contributed by atoms with Crippen molar-refractivity contribution in [2.24, 2.45) is 0 Å². The summed E-state index contributed by atoms with van der Waals surface area (Å²) in [6.07, 6.45) is 5.76. The van der Waals surface area contributed by atoms with Gasteiger partial charge < -0.3 is 11.1 Å². The number of nitriles is 1. The molecule has 1 aromatic rings. The van der Waals surface area contributed by atoms with Crippen LogP contribution in [0.25, 0.3) is 0 Å². The number of benzene rings is 1. The van der Waals surface area contributed by atoms with Crippen LogP contribution in [-0.2, 0) is 0 Å². The van der Waals surface area contributed by atoms with Crippen LogP contribution in [-0.4, -0.2) is 18.6 Å². The number of nitrogens with two attached hydrogens (primary N) is 1. The Morgan fingerprint density at radius 2 is 2.18 bits per heavy atom. The molecule has 0 saturated carbocycles. The molecule has 0 heterocycles. The molecule has 3 N–H and O–H groups in total. The van der Waals surface area contributed by atoms with Crippen LogP contribution in [0.2, 0.25) is 0 Å². The summed E-state index contributed by atoms with van der Waals surface area (Å²) in [5.74, 6) is 1.23. The van der Waals surface area contributed by atoms with E-state index < -0.39 is 0 Å². The molecule has 1 aromatic carbocycles. The Hall–Kier alpha value is -1.34. The molecule has 0 amide bonds. The topological polar surface area (TPSA) is 61.8 Å². The van der Waals surface area contributed by atoms with E-state index in [9.17, 15) is 0 Å². The van der Waals surface area contributed by atoms with E-state index in [1.54, 1.807) is 6.07 Å². The maximum Gasteiger partial charge on any atom is 0.101 e. The molecule has 4 heteroatoms. The quantitative estimate of drug-likeness (QED) is 0.576. The van der Waals surface area contributed by atoms with Gasteiger partial charge in [0.1, 0.15) is 6.07 Å². The zero-order valence-corrected chi connectivity index (χ0v) is 11.0. The molecule has 0 aliphatic rings. The molecule has 17 heavy (non-hydrogen) atoms. The molecule has 0 spiro atoms. The van der Waals surface area contributed by atoms with Gasteiger partial charge in [-0.15, -0.1) is 0 Å². The minimum Gasteiger partial charge on any atom is -0.396 e. The number of nitrogens with zero attached hydrogens (tertiary/aromatic N) is 1. The molecule has 1 rings (SSSR count). The number of unbranched alkanes of at least 4 members (excludes halogenated alkanes) is 2. The average molecular weight is 249 g/mol. The lowest BCUT2D eigenvalue weighted by molar-refractivity contribution is 0.750. The Bertz CT molecular complexity index is 385. The van der Waals surface area contributed by atoms with E-state index in [-0.39, 0.29) is 0 Å². The molecule has 0 fully saturated rings. The minimum atomic E-state index is 0.539. The van der Waals surface area contributed by atoms with Crippen molar-refractivity contribution < 1.29 is 0 Å². The van der Waals surface area contributed by atoms with E-state index in [2.05, 4.69) is 17.6 Å². The second-order valence-electron chi connectivity index (χ2n) is 3.86. The Labute approximate surface area is 107 Å². The fraction of sp³-hybridized carbons (Fsp3) is 0.462. The van der Waals surface area contributed by atoms with Gasteiger partial charge in [0.15, 0.2) is 0 Å². The molecule has 0 aliphatic heterocycles. The Kier molecular flexibility index (Phi) is 6.34. The van der Waals surface area contributed by atoms with Crippen LogP contribution in [0.4, 0.5) is 11.4 Å². The van der Waals surface area contributed by atoms with Gasteiger partial charge in [-0.1, -0.05) is 12.5 Å². The third kappa shape index (κ3) is 4.58. The summed E-state index contributed by atoms with van der Waals surface area (Å²) in [5, 5.41) is 12.1. The van der Waals surface area contributed by atoms with Crippen LogP contribution >= 0.6 is 11.8 Å². The second-order valence-corrected chi connectivity index (χ2v) is 4.84. The minimum absolute atomic E-state index is 0.539. The van der Waals surface area contributed by atoms with Crippen molar-refractivity contribution in [3.8, 4) is 6.07 Å². The van der Waals surface area contributed by atoms with E-state index >= 15 is 0 Å². The van der Waals surface area contributed by atoms with E-state index in [0.717, 1.165) is 18.7 Å². The lowest BCUT2D eigenvalue weighted by atomic mass is 10.1. The van der Waals surface area contributed by atoms with Gasteiger partial charge in [-0.2, -0.15) is 17.0 Å². The molecule has 92 valence electrons. The van der Waals surface area contributed by atoms with Crippen LogP contribution in [0, 0.1) is 11.3 Å². The highest BCUT2D eigenvalue weighted by atomic mass is 32.2. The highest BCUT2D eigenvalue weighted by Gasteiger charge is 2.02. The lowest BCUT2D eigenvalue weighted by Gasteiger charge is -2.09. The number of thioether (sulfide) groups is 1. The standard InChI is InChI=1S/C13H19N3S/c1-17-9-4-2-3-8-16-12-7-5-6-11(10-14)13(12)15/h5-7,16H,2-4,8-9,15H2,1H3. The maximum atomic E-state index is 8.85. The number of hydrogen-bond donors (Lipinski definition) is 2. The third-order valence-electron chi connectivity index (χ3n) is 2.57. The molecule has 3 nitrogen and oxygen atoms in total. The fourth-order valence-electron chi connectivity index (χ4n) is 1.59. The Morgan fingerprint density at radius 1 is 1.35 bits per heavy atom. The van der Waals surface area contributed by atoms with Crippen LogP contribution in [0.1, 0.15) is 24.8 Å². The van der Waals surface area contributed by atoms with Gasteiger partial charge in [0.05, 0.1) is 16.9 Å². The van der Waals surface area contributed by atoms with Gasteiger partial charge in [0.2, 0.25) is 0 Å². The smallest absolute Gasteiger partial charge is 0.101 e. The van der Waals surface area contributed by atoms with Crippen LogP contribution < -0.4 is 11.1 Å². The zero-order valence-electron chi connectivity index (χ0n) is 10.2. The Morgan fingerprint density at radius 3 is 2.88 bits per heavy atom. The molecule has 0 bridgehead atoms. The van der Waals surface area contributed by atoms with Crippen molar-refractivity contribution in [1.29, 1.82) is 5.26 Å². The van der Waals surface area contributed by atoms with Crippen molar-refractivity contribution in [3.63, 3.8) is 0 Å². The molecule has 0 aromatic heterocycles. The number of rotatable bonds is 7. The lowest BCUT2D eigenvalue weighted by Crippen LogP contribution is -2.05. The first-order chi connectivity index (χ1) is 8.29. The van der Waals surface area contributed by atoms with E-state index in [4.69, 9.17) is 11.0 Å². The van der Waals surface area contributed by atoms with Gasteiger partial charge in [0.25, 0.3) is 0 Å². The van der Waals surface area contributed by atoms with E-state index in [1.807, 2.05) is 23.9 Å². The molecule has 0 saturated heterocycles. The van der Waals surface area contributed by atoms with Gasteiger partial charge in [-0.3, -0.25) is 0 Å². The van der Waals surface area contributed by atoms with Gasteiger partial charge in [-0.05, 0) is 37.0 Å². The molecular weight excluding hydrogens is 230 g/mol. The second kappa shape index (κ2) is 7.86. The summed E-state index contributed by atoms with van der Waals surface area (Å²) in [6.45, 7) is 0.910. The zero-order chi connectivity index (χ0) is 12.5. The summed E-state index contributed by atoms with van der Waals surface area (Å²) in [5.41, 5.74) is 7.83. The summed E-state index contributed by atoms with van der Waals surface area (Å²) in [6, 6.07) is 7.59. The third-order valence-corrected chi connectivity index (χ3v) is 3.26. The van der Waals surface area contributed by atoms with Gasteiger partial charge in [-0.25, -0.2) is 0 Å². The average Bonchev–Trinajstić information content (AvgIpc) is 2.35. The number of nitrogen functional groups attached to an aromatic ring is 1. The first-order valence-electron chi connectivity index (χ1n) is 5.81. The van der Waals surface area contributed by atoms with Crippen molar-refractivity contribution in [1.82, 2.24) is 0 Å². The number of hydrogen-bond acceptors (Lipinski definition) is 4. The van der Waals surface area contributed by atoms with E-state index in [0.29, 0.717) is 11.3 Å². The largest absolute Gasteiger partial charge is 0.396 e. The number of anilines is 2. The molecule has 0 unspecified atom stereocenters. The van der Waals surface area contributed by atoms with Crippen molar-refractivity contribution in [2.75, 3.05) is 29.6 Å². The number of para-hydroxylation sites is 1. The van der Waals surface area contributed by atoms with Crippen LogP contribution in [0.5, 0.6) is 0 Å². The number of nitrogens with one attached hydrogen (secondary N) is 1. The predicted molar refractivity (Wildman–Crippen MR) is 76.3 cm³/mol. The van der Waals surface area contributed by atoms with Gasteiger partial charge >= 0.3 is 0 Å². The first-order valence-corrected chi connectivity index (χ1v) is 7.20. The highest BCUT2D eigenvalue weighted by molar-refractivity contribution is 7.98. The normalized spacial score (nSPS) is 9.88. The highest BCUT2D eigenvalue weighted by Crippen LogP contribution is 2.21. The maximum absolute atomic E-state index is 8.85. The summed E-state index contributed by atoms with van der Waals surface area (Å²) >= 11 is 1.89. The van der Waals surface area contributed by atoms with E-state index in [1.165, 1.54) is 18.6 Å². The van der Waals surface area contributed by atoms with Crippen molar-refractivity contribution >= 4 is 23.1 Å². The molecular formula is C13H19N3S. The summed E-state index contributed by atoms with van der Waals surface area (Å²) < 4.78 is 0. The van der Waals surface area contributed by atoms with Crippen LogP contribution in [0.15, 0.2) is 18.2 Å². The fourth-order valence-corrected chi connectivity index (χ4v) is 2.08. The van der Waals surface area contributed by atoms with Crippen LogP contribution in [0.3, 0.4) is 0 Å². The predicted octanol–water partition coefficient (Wildman–Crippen LogP) is 3.09. The Balaban J connectivity index is 2.35. The summed E-state index contributed by atoms with van der Waals surface area (Å²) in [4.78, 5) is 0. The van der Waals surface area contributed by atoms with Gasteiger partial charge in [0, 0.05) is 6.54 Å². The van der Waals surface area contributed by atoms with Crippen molar-refractivity contribution in [3.05, 3.63) is 23.8 Å². The molecule has 0 radical (unpaired) electrons. The van der Waals surface area contributed by atoms with Crippen molar-refractivity contribution in [2.45, 2.75) is 19.3 Å². The SMILES string of the molecule is CSCCCCCNc1cccc(C#N)c1N. The summed E-state index contributed by atoms with van der Waals surface area (Å²) in [7, 11) is 0. The monoisotopic (exact) mass is 249 g/mol. The molecule has 0 atom stereocenters. The molecule has 0 aliphatic carbocycles. The first kappa shape index (κ1) is 13.7.